The van der Waals surface area contributed by atoms with Crippen molar-refractivity contribution in [2.24, 2.45) is 5.16 Å². The zero-order valence-electron chi connectivity index (χ0n) is 42.7. The van der Waals surface area contributed by atoms with Crippen LogP contribution in [-0.4, -0.2) is 68.0 Å². The highest BCUT2D eigenvalue weighted by atomic mass is 35.5. The predicted octanol–water partition coefficient (Wildman–Crippen LogP) is 12.1. The minimum Gasteiger partial charge on any atom is -0.450 e. The summed E-state index contributed by atoms with van der Waals surface area (Å²) < 4.78 is 12.7. The molecule has 1 saturated heterocycles. The Morgan fingerprint density at radius 3 is 1.56 bits per heavy atom. The summed E-state index contributed by atoms with van der Waals surface area (Å²) in [5.74, 6) is -2.40. The quantitative estimate of drug-likeness (QED) is 0.0200. The molecular weight excluding hydrogens is 1050 g/mol. The van der Waals surface area contributed by atoms with Crippen molar-refractivity contribution in [1.82, 2.24) is 15.2 Å². The molecule has 0 bridgehead atoms. The van der Waals surface area contributed by atoms with Gasteiger partial charge in [-0.05, 0) is 57.4 Å². The first kappa shape index (κ1) is 52.7. The van der Waals surface area contributed by atoms with Gasteiger partial charge in [0, 0.05) is 29.9 Å². The second-order valence-corrected chi connectivity index (χ2v) is 21.6. The third-order valence-electron chi connectivity index (χ3n) is 14.5. The number of oxime groups is 1. The third-order valence-corrected chi connectivity index (χ3v) is 16.9. The molecule has 1 aromatic heterocycles. The minimum absolute atomic E-state index is 0.0254. The average Bonchev–Trinajstić information content (AvgIpc) is 4.35. The summed E-state index contributed by atoms with van der Waals surface area (Å²) in [5.41, 5.74) is 3.76. The number of hydrogen-bond donors (Lipinski definition) is 2. The van der Waals surface area contributed by atoms with E-state index in [2.05, 4.69) is 52.2 Å². The first-order valence-electron chi connectivity index (χ1n) is 26.1. The lowest BCUT2D eigenvalue weighted by molar-refractivity contribution is -0.176. The fourth-order valence-corrected chi connectivity index (χ4v) is 13.0. The van der Waals surface area contributed by atoms with E-state index in [4.69, 9.17) is 30.9 Å². The SMILES string of the molecule is O=C(NC1C(=O)N2C(C(=O)OC(c3ccccc3)c3ccccc3)=C(CCl)CS[C@@H]12)C(=NOC1(C(=O)OC(c2ccccc2)c2ccccc2)CCCC1)c1csc(NC(c2ccccc2)(c2ccccc2)c2ccccc2)n1. The highest BCUT2D eigenvalue weighted by Gasteiger charge is 2.55. The maximum atomic E-state index is 15.1. The summed E-state index contributed by atoms with van der Waals surface area (Å²) in [6.07, 6.45) is 0.297. The summed E-state index contributed by atoms with van der Waals surface area (Å²) in [4.78, 5) is 71.8. The van der Waals surface area contributed by atoms with E-state index in [1.165, 1.54) is 28.0 Å². The highest BCUT2D eigenvalue weighted by Crippen LogP contribution is 2.44. The zero-order valence-corrected chi connectivity index (χ0v) is 45.1. The minimum atomic E-state index is -1.56. The van der Waals surface area contributed by atoms with Crippen molar-refractivity contribution in [3.8, 4) is 0 Å². The number of benzene rings is 7. The van der Waals surface area contributed by atoms with Crippen LogP contribution in [0.5, 0.6) is 0 Å². The third kappa shape index (κ3) is 10.8. The van der Waals surface area contributed by atoms with Crippen LogP contribution in [0.15, 0.2) is 234 Å². The fraction of sp³-hybridized carbons (Fsp3) is 0.188. The molecule has 7 aromatic carbocycles. The fourth-order valence-electron chi connectivity index (χ4n) is 10.5. The lowest BCUT2D eigenvalue weighted by Gasteiger charge is -2.49. The van der Waals surface area contributed by atoms with Gasteiger partial charge in [0.2, 0.25) is 5.60 Å². The number of nitrogens with one attached hydrogen (secondary N) is 2. The molecule has 2 aliphatic heterocycles. The van der Waals surface area contributed by atoms with Gasteiger partial charge in [-0.25, -0.2) is 14.6 Å². The summed E-state index contributed by atoms with van der Waals surface area (Å²) in [6.45, 7) is 0. The standard InChI is InChI=1S/C64H54ClN5O7S2/c65-40-47-41-78-59-53(58(72)70(59)54(47)60(73)75-55(43-24-8-1-9-25-43)44-26-10-2-11-27-44)67-57(71)52(69-77-63(38-22-23-39-63)61(74)76-56(45-28-12-3-13-29-45)46-30-14-4-15-31-46)51-42-79-62(66-51)68-64(48-32-16-5-17-33-48,49-34-18-6-19-35-49)50-36-20-7-21-37-50/h1-21,24-37,42,53,55-56,59H,22-23,38-41H2,(H,66,68)(H,67,71)/t53?,59-/m0/s1. The van der Waals surface area contributed by atoms with Gasteiger partial charge in [-0.15, -0.1) is 34.7 Å². The Morgan fingerprint density at radius 1 is 0.658 bits per heavy atom. The predicted molar refractivity (Wildman–Crippen MR) is 308 cm³/mol. The van der Waals surface area contributed by atoms with Crippen LogP contribution in [-0.2, 0) is 39.0 Å². The topological polar surface area (TPSA) is 149 Å². The summed E-state index contributed by atoms with van der Waals surface area (Å²) in [7, 11) is 0. The van der Waals surface area contributed by atoms with Crippen LogP contribution in [0.2, 0.25) is 0 Å². The molecule has 79 heavy (non-hydrogen) atoms. The number of ether oxygens (including phenoxy) is 2. The highest BCUT2D eigenvalue weighted by molar-refractivity contribution is 8.00. The molecule has 1 saturated carbocycles. The van der Waals surface area contributed by atoms with Crippen molar-refractivity contribution >= 4 is 69.3 Å². The second-order valence-electron chi connectivity index (χ2n) is 19.4. The van der Waals surface area contributed by atoms with E-state index in [-0.39, 0.29) is 35.8 Å². The lowest BCUT2D eigenvalue weighted by atomic mass is 9.77. The van der Waals surface area contributed by atoms with Crippen LogP contribution in [0.4, 0.5) is 5.13 Å². The van der Waals surface area contributed by atoms with Gasteiger partial charge in [0.25, 0.3) is 11.8 Å². The van der Waals surface area contributed by atoms with E-state index >= 15 is 4.79 Å². The van der Waals surface area contributed by atoms with E-state index in [1.807, 2.05) is 176 Å². The molecule has 8 aromatic rings. The van der Waals surface area contributed by atoms with Crippen LogP contribution < -0.4 is 10.6 Å². The van der Waals surface area contributed by atoms with Crippen molar-refractivity contribution in [3.05, 3.63) is 274 Å². The van der Waals surface area contributed by atoms with E-state index in [9.17, 15) is 14.4 Å². The van der Waals surface area contributed by atoms with Crippen LogP contribution in [0.25, 0.3) is 0 Å². The van der Waals surface area contributed by atoms with Crippen molar-refractivity contribution in [3.63, 3.8) is 0 Å². The van der Waals surface area contributed by atoms with Gasteiger partial charge in [-0.3, -0.25) is 14.5 Å². The van der Waals surface area contributed by atoms with Gasteiger partial charge in [0.1, 0.15) is 28.3 Å². The molecule has 2 N–H and O–H groups in total. The molecule has 3 aliphatic rings. The number of thiazole rings is 1. The van der Waals surface area contributed by atoms with Gasteiger partial charge in [0.15, 0.2) is 23.1 Å². The Hall–Kier alpha value is -8.30. The van der Waals surface area contributed by atoms with Crippen LogP contribution in [0, 0.1) is 0 Å². The van der Waals surface area contributed by atoms with E-state index in [1.54, 1.807) is 5.38 Å². The van der Waals surface area contributed by atoms with Crippen molar-refractivity contribution < 1.29 is 33.5 Å². The van der Waals surface area contributed by atoms with Crippen molar-refractivity contribution in [1.29, 1.82) is 0 Å². The molecule has 0 radical (unpaired) electrons. The van der Waals surface area contributed by atoms with Crippen molar-refractivity contribution in [2.45, 2.75) is 60.4 Å². The largest absolute Gasteiger partial charge is 0.450 e. The first-order chi connectivity index (χ1) is 38.8. The number of amides is 2. The van der Waals surface area contributed by atoms with Crippen LogP contribution >= 0.6 is 34.7 Å². The Kier molecular flexibility index (Phi) is 15.9. The maximum absolute atomic E-state index is 15.1. The summed E-state index contributed by atoms with van der Waals surface area (Å²) in [6, 6.07) is 66.8. The molecule has 3 heterocycles. The number of esters is 2. The molecule has 0 spiro atoms. The molecule has 1 aliphatic carbocycles. The number of thioether (sulfide) groups is 1. The molecule has 2 atom stereocenters. The van der Waals surface area contributed by atoms with Gasteiger partial charge in [0.05, 0.1) is 0 Å². The molecule has 15 heteroatoms. The number of carbonyl (C=O) groups excluding carboxylic acids is 4. The number of anilines is 1. The Morgan fingerprint density at radius 2 is 1.10 bits per heavy atom. The lowest BCUT2D eigenvalue weighted by Crippen LogP contribution is -2.71. The van der Waals surface area contributed by atoms with Crippen molar-refractivity contribution in [2.75, 3.05) is 16.9 Å². The number of aromatic nitrogens is 1. The monoisotopic (exact) mass is 1100 g/mol. The number of hydrogen-bond acceptors (Lipinski definition) is 12. The molecule has 11 rings (SSSR count). The normalized spacial score (nSPS) is 16.9. The number of nitrogens with zero attached hydrogens (tertiary/aromatic N) is 3. The number of β-lactam (4-membered cyclic amide) rings is 1. The Balaban J connectivity index is 0.929. The number of halogens is 1. The van der Waals surface area contributed by atoms with Gasteiger partial charge < -0.3 is 24.9 Å². The summed E-state index contributed by atoms with van der Waals surface area (Å²) >= 11 is 9.13. The number of carbonyl (C=O) groups is 4. The molecule has 396 valence electrons. The number of fused-ring (bicyclic) bond motifs is 1. The molecular formula is C64H54ClN5O7S2. The maximum Gasteiger partial charge on any atom is 0.356 e. The Labute approximate surface area is 471 Å². The van der Waals surface area contributed by atoms with E-state index in [0.717, 1.165) is 38.9 Å². The molecule has 2 amide bonds. The molecule has 2 fully saturated rings. The van der Waals surface area contributed by atoms with Gasteiger partial charge >= 0.3 is 11.9 Å². The van der Waals surface area contributed by atoms with Crippen LogP contribution in [0.3, 0.4) is 0 Å². The number of alkyl halides is 1. The zero-order chi connectivity index (χ0) is 54.2. The van der Waals surface area contributed by atoms with Crippen LogP contribution in [0.1, 0.15) is 82.5 Å². The average molecular weight is 1100 g/mol. The van der Waals surface area contributed by atoms with E-state index < -0.39 is 58.5 Å². The second kappa shape index (κ2) is 23.7. The number of rotatable bonds is 19. The Bertz CT molecular complexity index is 3300. The smallest absolute Gasteiger partial charge is 0.356 e. The van der Waals surface area contributed by atoms with Gasteiger partial charge in [-0.2, -0.15) is 0 Å². The molecule has 1 unspecified atom stereocenters. The van der Waals surface area contributed by atoms with Gasteiger partial charge in [-0.1, -0.05) is 217 Å². The first-order valence-corrected chi connectivity index (χ1v) is 28.5. The van der Waals surface area contributed by atoms with E-state index in [0.29, 0.717) is 29.3 Å². The molecule has 12 nitrogen and oxygen atoms in total. The summed E-state index contributed by atoms with van der Waals surface area (Å²) in [5, 5.41) is 12.7.